The van der Waals surface area contributed by atoms with Gasteiger partial charge in [-0.15, -0.1) is 23.1 Å². The third-order valence-electron chi connectivity index (χ3n) is 2.49. The summed E-state index contributed by atoms with van der Waals surface area (Å²) < 4.78 is 0. The van der Waals surface area contributed by atoms with E-state index in [9.17, 15) is 0 Å². The Labute approximate surface area is 108 Å². The molecule has 0 saturated carbocycles. The first-order valence-corrected chi connectivity index (χ1v) is 7.33. The third-order valence-corrected chi connectivity index (χ3v) is 4.03. The molecule has 3 aromatic rings. The largest absolute Gasteiger partial charge is 0.242 e. The SMILES string of the molecule is CSc1nc2ccccc2nc1-c1cccs1. The molecule has 0 aliphatic heterocycles. The predicted octanol–water partition coefficient (Wildman–Crippen LogP) is 4.08. The Morgan fingerprint density at radius 3 is 2.41 bits per heavy atom. The number of hydrogen-bond donors (Lipinski definition) is 0. The lowest BCUT2D eigenvalue weighted by Crippen LogP contribution is -1.91. The van der Waals surface area contributed by atoms with Gasteiger partial charge in [0.1, 0.15) is 10.7 Å². The molecule has 2 heterocycles. The molecule has 0 amide bonds. The van der Waals surface area contributed by atoms with Gasteiger partial charge in [0.25, 0.3) is 0 Å². The predicted molar refractivity (Wildman–Crippen MR) is 74.6 cm³/mol. The molecule has 0 aliphatic carbocycles. The Morgan fingerprint density at radius 1 is 1.00 bits per heavy atom. The van der Waals surface area contributed by atoms with E-state index in [2.05, 4.69) is 16.4 Å². The first-order chi connectivity index (χ1) is 8.38. The number of benzene rings is 1. The van der Waals surface area contributed by atoms with Gasteiger partial charge in [-0.05, 0) is 29.8 Å². The van der Waals surface area contributed by atoms with Crippen LogP contribution in [0.1, 0.15) is 0 Å². The summed E-state index contributed by atoms with van der Waals surface area (Å²) in [6.07, 6.45) is 2.04. The summed E-state index contributed by atoms with van der Waals surface area (Å²) in [6.45, 7) is 0. The average Bonchev–Trinajstić information content (AvgIpc) is 2.91. The Hall–Kier alpha value is -1.39. The summed E-state index contributed by atoms with van der Waals surface area (Å²) >= 11 is 3.34. The van der Waals surface area contributed by atoms with Gasteiger partial charge < -0.3 is 0 Å². The molecule has 0 bridgehead atoms. The smallest absolute Gasteiger partial charge is 0.124 e. The maximum absolute atomic E-state index is 4.72. The van der Waals surface area contributed by atoms with Crippen molar-refractivity contribution in [2.24, 2.45) is 0 Å². The Balaban J connectivity index is 2.29. The molecule has 84 valence electrons. The van der Waals surface area contributed by atoms with E-state index in [4.69, 9.17) is 4.98 Å². The number of aromatic nitrogens is 2. The van der Waals surface area contributed by atoms with Crippen LogP contribution in [0, 0.1) is 0 Å². The molecule has 0 radical (unpaired) electrons. The van der Waals surface area contributed by atoms with Crippen molar-refractivity contribution in [1.29, 1.82) is 0 Å². The number of thiophene rings is 1. The van der Waals surface area contributed by atoms with E-state index in [0.29, 0.717) is 0 Å². The van der Waals surface area contributed by atoms with Crippen LogP contribution in [0.3, 0.4) is 0 Å². The highest BCUT2D eigenvalue weighted by Crippen LogP contribution is 2.31. The van der Waals surface area contributed by atoms with Crippen molar-refractivity contribution in [3.05, 3.63) is 41.8 Å². The normalized spacial score (nSPS) is 10.9. The molecule has 0 atom stereocenters. The number of fused-ring (bicyclic) bond motifs is 1. The highest BCUT2D eigenvalue weighted by Gasteiger charge is 2.10. The molecule has 2 nitrogen and oxygen atoms in total. The van der Waals surface area contributed by atoms with E-state index in [1.165, 1.54) is 4.88 Å². The zero-order valence-electron chi connectivity index (χ0n) is 9.25. The molecule has 2 aromatic heterocycles. The first kappa shape index (κ1) is 10.7. The minimum atomic E-state index is 0.952. The number of rotatable bonds is 2. The van der Waals surface area contributed by atoms with E-state index in [1.807, 2.05) is 36.6 Å². The van der Waals surface area contributed by atoms with Crippen LogP contribution < -0.4 is 0 Å². The van der Waals surface area contributed by atoms with Gasteiger partial charge >= 0.3 is 0 Å². The van der Waals surface area contributed by atoms with Crippen molar-refractivity contribution in [2.45, 2.75) is 5.03 Å². The quantitative estimate of drug-likeness (QED) is 0.648. The van der Waals surface area contributed by atoms with E-state index in [-0.39, 0.29) is 0 Å². The molecule has 0 N–H and O–H groups in total. The highest BCUT2D eigenvalue weighted by atomic mass is 32.2. The van der Waals surface area contributed by atoms with E-state index >= 15 is 0 Å². The number of hydrogen-bond acceptors (Lipinski definition) is 4. The van der Waals surface area contributed by atoms with Crippen molar-refractivity contribution in [3.8, 4) is 10.6 Å². The zero-order chi connectivity index (χ0) is 11.7. The van der Waals surface area contributed by atoms with Crippen molar-refractivity contribution < 1.29 is 0 Å². The topological polar surface area (TPSA) is 25.8 Å². The molecule has 0 fully saturated rings. The summed E-state index contributed by atoms with van der Waals surface area (Å²) in [4.78, 5) is 10.5. The van der Waals surface area contributed by atoms with Crippen LogP contribution in [0.25, 0.3) is 21.6 Å². The van der Waals surface area contributed by atoms with Crippen LogP contribution in [-0.4, -0.2) is 16.2 Å². The molecule has 0 aliphatic rings. The van der Waals surface area contributed by atoms with Crippen LogP contribution in [0.4, 0.5) is 0 Å². The summed E-state index contributed by atoms with van der Waals surface area (Å²) in [5, 5.41) is 3.06. The second kappa shape index (κ2) is 4.47. The zero-order valence-corrected chi connectivity index (χ0v) is 10.9. The third kappa shape index (κ3) is 1.94. The van der Waals surface area contributed by atoms with Crippen LogP contribution >= 0.6 is 23.1 Å². The van der Waals surface area contributed by atoms with Gasteiger partial charge in [0.2, 0.25) is 0 Å². The molecule has 1 aromatic carbocycles. The fourth-order valence-corrected chi connectivity index (χ4v) is 3.02. The van der Waals surface area contributed by atoms with Gasteiger partial charge in [0.15, 0.2) is 0 Å². The fourth-order valence-electron chi connectivity index (χ4n) is 1.70. The van der Waals surface area contributed by atoms with Crippen LogP contribution in [0.5, 0.6) is 0 Å². The minimum Gasteiger partial charge on any atom is -0.242 e. The van der Waals surface area contributed by atoms with Crippen molar-refractivity contribution in [1.82, 2.24) is 9.97 Å². The van der Waals surface area contributed by atoms with Gasteiger partial charge in [-0.1, -0.05) is 18.2 Å². The summed E-state index contributed by atoms with van der Waals surface area (Å²) in [5.74, 6) is 0. The average molecular weight is 258 g/mol. The van der Waals surface area contributed by atoms with Gasteiger partial charge in [0.05, 0.1) is 15.9 Å². The van der Waals surface area contributed by atoms with Crippen LogP contribution in [0.2, 0.25) is 0 Å². The summed E-state index contributed by atoms with van der Waals surface area (Å²) in [5.41, 5.74) is 2.90. The summed E-state index contributed by atoms with van der Waals surface area (Å²) in [6, 6.07) is 12.1. The van der Waals surface area contributed by atoms with Crippen molar-refractivity contribution in [3.63, 3.8) is 0 Å². The van der Waals surface area contributed by atoms with Crippen LogP contribution in [0.15, 0.2) is 46.8 Å². The van der Waals surface area contributed by atoms with E-state index < -0.39 is 0 Å². The molecule has 0 unspecified atom stereocenters. The van der Waals surface area contributed by atoms with Gasteiger partial charge in [-0.3, -0.25) is 0 Å². The second-order valence-corrected chi connectivity index (χ2v) is 5.29. The van der Waals surface area contributed by atoms with Gasteiger partial charge in [-0.25, -0.2) is 9.97 Å². The maximum Gasteiger partial charge on any atom is 0.124 e. The Bertz CT molecular complexity index is 648. The fraction of sp³-hybridized carbons (Fsp3) is 0.0769. The number of nitrogens with zero attached hydrogens (tertiary/aromatic N) is 2. The molecule has 17 heavy (non-hydrogen) atoms. The maximum atomic E-state index is 4.72. The first-order valence-electron chi connectivity index (χ1n) is 5.23. The standard InChI is InChI=1S/C13H10N2S2/c1-16-13-12(11-7-4-8-17-11)14-9-5-2-3-6-10(9)15-13/h2-8H,1H3. The van der Waals surface area contributed by atoms with E-state index in [0.717, 1.165) is 21.8 Å². The molecular weight excluding hydrogens is 248 g/mol. The summed E-state index contributed by atoms with van der Waals surface area (Å²) in [7, 11) is 0. The lowest BCUT2D eigenvalue weighted by atomic mass is 10.3. The number of thioether (sulfide) groups is 1. The molecular formula is C13H10N2S2. The minimum absolute atomic E-state index is 0.952. The number of para-hydroxylation sites is 2. The van der Waals surface area contributed by atoms with Crippen molar-refractivity contribution in [2.75, 3.05) is 6.26 Å². The molecule has 0 saturated heterocycles. The monoisotopic (exact) mass is 258 g/mol. The lowest BCUT2D eigenvalue weighted by Gasteiger charge is -2.05. The molecule has 4 heteroatoms. The van der Waals surface area contributed by atoms with Crippen molar-refractivity contribution >= 4 is 34.1 Å². The van der Waals surface area contributed by atoms with Gasteiger partial charge in [0, 0.05) is 0 Å². The van der Waals surface area contributed by atoms with Gasteiger partial charge in [-0.2, -0.15) is 0 Å². The van der Waals surface area contributed by atoms with E-state index in [1.54, 1.807) is 23.1 Å². The molecule has 0 spiro atoms. The molecule has 3 rings (SSSR count). The second-order valence-electron chi connectivity index (χ2n) is 3.55. The lowest BCUT2D eigenvalue weighted by molar-refractivity contribution is 1.14. The highest BCUT2D eigenvalue weighted by molar-refractivity contribution is 7.98. The van der Waals surface area contributed by atoms with Crippen LogP contribution in [-0.2, 0) is 0 Å². The Morgan fingerprint density at radius 2 is 1.76 bits per heavy atom. The Kier molecular flexibility index (Phi) is 2.82.